The first-order chi connectivity index (χ1) is 20.8. The Morgan fingerprint density at radius 1 is 0.727 bits per heavy atom. The zero-order valence-electron chi connectivity index (χ0n) is 25.5. The summed E-state index contributed by atoms with van der Waals surface area (Å²) in [6, 6.07) is 19.6. The minimum Gasteiger partial charge on any atom is -0.399 e. The predicted octanol–water partition coefficient (Wildman–Crippen LogP) is 7.78. The quantitative estimate of drug-likeness (QED) is 0.217. The van der Waals surface area contributed by atoms with E-state index in [0.717, 1.165) is 17.0 Å². The Kier molecular flexibility index (Phi) is 9.44. The Morgan fingerprint density at radius 3 is 1.77 bits per heavy atom. The summed E-state index contributed by atoms with van der Waals surface area (Å²) in [6.07, 6.45) is 8.38. The number of pyridine rings is 2. The molecule has 1 saturated heterocycles. The molecule has 0 amide bonds. The summed E-state index contributed by atoms with van der Waals surface area (Å²) in [7, 11) is -0.609. The molecule has 230 valence electrons. The molecule has 3 aliphatic rings. The molecular weight excluding hydrogens is 625 g/mol. The van der Waals surface area contributed by atoms with Gasteiger partial charge in [0.2, 0.25) is 0 Å². The van der Waals surface area contributed by atoms with Crippen LogP contribution in [0.2, 0.25) is 0 Å². The number of nitrogens with two attached hydrogens (primary N) is 2. The lowest BCUT2D eigenvalue weighted by atomic mass is 9.80. The molecule has 44 heavy (non-hydrogen) atoms. The van der Waals surface area contributed by atoms with Gasteiger partial charge < -0.3 is 20.8 Å². The first-order valence-electron chi connectivity index (χ1n) is 14.9. The fraction of sp³-hybridized carbons (Fsp3) is 0.353. The maximum Gasteiger partial charge on any atom is 0.496 e. The van der Waals surface area contributed by atoms with Gasteiger partial charge in [-0.05, 0) is 106 Å². The van der Waals surface area contributed by atoms with E-state index in [0.29, 0.717) is 11.4 Å². The molecule has 2 aliphatic carbocycles. The zero-order valence-corrected chi connectivity index (χ0v) is 27.1. The van der Waals surface area contributed by atoms with E-state index in [1.54, 1.807) is 6.20 Å². The number of hydrogen-bond donors (Lipinski definition) is 2. The summed E-state index contributed by atoms with van der Waals surface area (Å²) in [4.78, 5) is 7.61. The maximum atomic E-state index is 13.3. The Balaban J connectivity index is 0.000000136. The molecule has 4 aromatic rings. The van der Waals surface area contributed by atoms with E-state index in [1.165, 1.54) is 59.6 Å². The number of halogens is 3. The molecule has 0 spiro atoms. The van der Waals surface area contributed by atoms with Crippen LogP contribution in [0.1, 0.15) is 76.3 Å². The normalized spacial score (nSPS) is 18.1. The van der Waals surface area contributed by atoms with Crippen LogP contribution >= 0.6 is 15.9 Å². The monoisotopic (exact) mass is 662 g/mol. The van der Waals surface area contributed by atoms with Gasteiger partial charge in [-0.3, -0.25) is 0 Å². The largest absolute Gasteiger partial charge is 0.496 e. The third-order valence-electron chi connectivity index (χ3n) is 8.45. The van der Waals surface area contributed by atoms with Crippen molar-refractivity contribution in [1.29, 1.82) is 0 Å². The SMILES string of the molecule is Brc1cccc(C2CC2)c1.CC1(C)OB(c2cnc(N)c(F)c2)OC1(C)C.Nc1ncc(-c2cccc(C3CC3)c2)cc1F. The molecule has 2 aromatic heterocycles. The molecule has 6 nitrogen and oxygen atoms in total. The highest BCUT2D eigenvalue weighted by molar-refractivity contribution is 9.10. The van der Waals surface area contributed by atoms with E-state index >= 15 is 0 Å². The van der Waals surface area contributed by atoms with Crippen LogP contribution in [0.3, 0.4) is 0 Å². The van der Waals surface area contributed by atoms with Crippen molar-refractivity contribution in [3.63, 3.8) is 0 Å². The number of benzene rings is 2. The smallest absolute Gasteiger partial charge is 0.399 e. The summed E-state index contributed by atoms with van der Waals surface area (Å²) in [5.74, 6) is 0.382. The van der Waals surface area contributed by atoms with E-state index in [-0.39, 0.29) is 11.6 Å². The number of anilines is 2. The molecule has 0 radical (unpaired) electrons. The molecule has 2 saturated carbocycles. The van der Waals surface area contributed by atoms with Gasteiger partial charge >= 0.3 is 7.12 Å². The third-order valence-corrected chi connectivity index (χ3v) is 8.95. The molecule has 3 heterocycles. The summed E-state index contributed by atoms with van der Waals surface area (Å²) in [5, 5.41) is 0. The minimum absolute atomic E-state index is 0.0490. The van der Waals surface area contributed by atoms with Gasteiger partial charge in [0.05, 0.1) is 11.2 Å². The van der Waals surface area contributed by atoms with Crippen molar-refractivity contribution in [2.24, 2.45) is 0 Å². The van der Waals surface area contributed by atoms with Crippen LogP contribution in [0.25, 0.3) is 11.1 Å². The highest BCUT2D eigenvalue weighted by atomic mass is 79.9. The molecule has 7 rings (SSSR count). The van der Waals surface area contributed by atoms with Crippen molar-refractivity contribution in [1.82, 2.24) is 9.97 Å². The summed E-state index contributed by atoms with van der Waals surface area (Å²) in [6.45, 7) is 7.75. The Hall–Kier alpha value is -3.34. The van der Waals surface area contributed by atoms with Gasteiger partial charge in [0.25, 0.3) is 0 Å². The van der Waals surface area contributed by atoms with Crippen molar-refractivity contribution in [2.45, 2.75) is 76.4 Å². The Labute approximate surface area is 266 Å². The van der Waals surface area contributed by atoms with E-state index in [4.69, 9.17) is 20.8 Å². The third kappa shape index (κ3) is 7.84. The molecule has 0 unspecified atom stereocenters. The van der Waals surface area contributed by atoms with Gasteiger partial charge in [-0.25, -0.2) is 18.7 Å². The summed E-state index contributed by atoms with van der Waals surface area (Å²) < 4.78 is 39.4. The number of rotatable bonds is 4. The van der Waals surface area contributed by atoms with Gasteiger partial charge in [-0.1, -0.05) is 52.3 Å². The van der Waals surface area contributed by atoms with Crippen LogP contribution in [-0.4, -0.2) is 28.3 Å². The van der Waals surface area contributed by atoms with Gasteiger partial charge in [0.15, 0.2) is 23.3 Å². The second-order valence-corrected chi connectivity index (χ2v) is 13.5. The molecule has 2 aromatic carbocycles. The second-order valence-electron chi connectivity index (χ2n) is 12.5. The average molecular weight is 663 g/mol. The lowest BCUT2D eigenvalue weighted by Gasteiger charge is -2.32. The Bertz CT molecular complexity index is 1610. The van der Waals surface area contributed by atoms with Crippen LogP contribution in [0.15, 0.2) is 77.5 Å². The lowest BCUT2D eigenvalue weighted by Crippen LogP contribution is -2.41. The number of nitrogen functional groups attached to an aromatic ring is 2. The van der Waals surface area contributed by atoms with E-state index in [2.05, 4.69) is 62.3 Å². The first-order valence-corrected chi connectivity index (χ1v) is 15.7. The van der Waals surface area contributed by atoms with Crippen LogP contribution < -0.4 is 16.9 Å². The molecule has 4 N–H and O–H groups in total. The lowest BCUT2D eigenvalue weighted by molar-refractivity contribution is 0.00578. The first kappa shape index (κ1) is 32.1. The molecule has 3 fully saturated rings. The zero-order chi connectivity index (χ0) is 31.6. The highest BCUT2D eigenvalue weighted by Gasteiger charge is 2.52. The Morgan fingerprint density at radius 2 is 1.25 bits per heavy atom. The van der Waals surface area contributed by atoms with Gasteiger partial charge in [0, 0.05) is 27.9 Å². The number of hydrogen-bond acceptors (Lipinski definition) is 6. The topological polar surface area (TPSA) is 96.3 Å². The minimum atomic E-state index is -0.609. The van der Waals surface area contributed by atoms with Crippen LogP contribution in [0.5, 0.6) is 0 Å². The van der Waals surface area contributed by atoms with Crippen molar-refractivity contribution in [3.8, 4) is 11.1 Å². The van der Waals surface area contributed by atoms with E-state index < -0.39 is 30.0 Å². The van der Waals surface area contributed by atoms with Crippen LogP contribution in [0.4, 0.5) is 20.4 Å². The molecule has 0 bridgehead atoms. The molecule has 0 atom stereocenters. The fourth-order valence-electron chi connectivity index (χ4n) is 4.74. The summed E-state index contributed by atoms with van der Waals surface area (Å²) >= 11 is 3.46. The van der Waals surface area contributed by atoms with E-state index in [9.17, 15) is 8.78 Å². The van der Waals surface area contributed by atoms with Crippen LogP contribution in [-0.2, 0) is 9.31 Å². The number of nitrogens with zero attached hydrogens (tertiary/aromatic N) is 2. The van der Waals surface area contributed by atoms with Crippen molar-refractivity contribution in [3.05, 3.63) is 100 Å². The average Bonchev–Trinajstić information content (AvgIpc) is 3.90. The van der Waals surface area contributed by atoms with Crippen LogP contribution in [0, 0.1) is 11.6 Å². The maximum absolute atomic E-state index is 13.3. The van der Waals surface area contributed by atoms with Gasteiger partial charge in [-0.15, -0.1) is 0 Å². The standard InChI is InChI=1S/C14H13FN2.C11H16BFN2O2.C9H9Br/c15-13-7-12(8-17-14(13)16)11-3-1-2-10(6-11)9-4-5-9;1-10(2)11(3,4)17-12(16-10)7-5-8(13)9(14)15-6-7;10-9-3-1-2-8(6-9)7-4-5-7/h1-3,6-9H,4-5H2,(H2,16,17);5-6H,1-4H3,(H2,14,15);1-3,6-7H,4-5H2. The van der Waals surface area contributed by atoms with Crippen molar-refractivity contribution >= 4 is 40.1 Å². The summed E-state index contributed by atoms with van der Waals surface area (Å²) in [5.41, 5.74) is 14.9. The van der Waals surface area contributed by atoms with Crippen molar-refractivity contribution < 1.29 is 18.1 Å². The molecule has 10 heteroatoms. The molecular formula is C34H38BBrF2N4O2. The predicted molar refractivity (Wildman–Crippen MR) is 176 cm³/mol. The van der Waals surface area contributed by atoms with Gasteiger partial charge in [0.1, 0.15) is 0 Å². The van der Waals surface area contributed by atoms with E-state index in [1.807, 2.05) is 39.8 Å². The molecule has 1 aliphatic heterocycles. The van der Waals surface area contributed by atoms with Gasteiger partial charge in [-0.2, -0.15) is 0 Å². The second kappa shape index (κ2) is 13.0. The fourth-order valence-corrected chi connectivity index (χ4v) is 5.16. The number of aromatic nitrogens is 2. The van der Waals surface area contributed by atoms with Crippen molar-refractivity contribution in [2.75, 3.05) is 11.5 Å². The highest BCUT2D eigenvalue weighted by Crippen LogP contribution is 2.42.